The van der Waals surface area contributed by atoms with Crippen molar-refractivity contribution in [1.29, 1.82) is 0 Å². The van der Waals surface area contributed by atoms with Crippen LogP contribution in [0.25, 0.3) is 22.1 Å². The molecule has 3 heterocycles. The van der Waals surface area contributed by atoms with Gasteiger partial charge in [-0.25, -0.2) is 9.97 Å². The maximum Gasteiger partial charge on any atom is 0.223 e. The summed E-state index contributed by atoms with van der Waals surface area (Å²) in [5, 5.41) is 4.06. The number of nitrogens with zero attached hydrogens (tertiary/aromatic N) is 3. The Hall–Kier alpha value is -3.61. The summed E-state index contributed by atoms with van der Waals surface area (Å²) in [6.07, 6.45) is 3.12. The Morgan fingerprint density at radius 2 is 1.90 bits per heavy atom. The molecule has 2 aromatic carbocycles. The van der Waals surface area contributed by atoms with Gasteiger partial charge < -0.3 is 19.4 Å². The molecule has 1 fully saturated rings. The van der Waals surface area contributed by atoms with Gasteiger partial charge in [0.05, 0.1) is 7.11 Å². The highest BCUT2D eigenvalue weighted by molar-refractivity contribution is 6.05. The molecule has 0 spiro atoms. The van der Waals surface area contributed by atoms with E-state index in [9.17, 15) is 4.79 Å². The molecule has 31 heavy (non-hydrogen) atoms. The zero-order chi connectivity index (χ0) is 21.2. The van der Waals surface area contributed by atoms with E-state index >= 15 is 0 Å². The number of nitrogens with one attached hydrogen (secondary N) is 1. The van der Waals surface area contributed by atoms with Crippen molar-refractivity contribution in [2.24, 2.45) is 5.92 Å². The number of hydrogen-bond donors (Lipinski definition) is 1. The van der Waals surface area contributed by atoms with Crippen LogP contribution in [0.1, 0.15) is 18.4 Å². The maximum absolute atomic E-state index is 12.7. The fourth-order valence-electron chi connectivity index (χ4n) is 4.27. The lowest BCUT2D eigenvalue weighted by Gasteiger charge is -2.32. The summed E-state index contributed by atoms with van der Waals surface area (Å²) in [7, 11) is 1.64. The summed E-state index contributed by atoms with van der Waals surface area (Å²) < 4.78 is 11.4. The first-order chi connectivity index (χ1) is 15.2. The summed E-state index contributed by atoms with van der Waals surface area (Å²) in [4.78, 5) is 23.8. The van der Waals surface area contributed by atoms with Crippen molar-refractivity contribution in [3.63, 3.8) is 0 Å². The number of amides is 1. The summed E-state index contributed by atoms with van der Waals surface area (Å²) in [5.41, 5.74) is 3.33. The molecule has 7 nitrogen and oxygen atoms in total. The quantitative estimate of drug-likeness (QED) is 0.531. The molecule has 0 unspecified atom stereocenters. The molecule has 2 aromatic heterocycles. The first kappa shape index (κ1) is 19.4. The van der Waals surface area contributed by atoms with Crippen LogP contribution < -0.4 is 15.0 Å². The van der Waals surface area contributed by atoms with Gasteiger partial charge in [0.25, 0.3) is 0 Å². The minimum absolute atomic E-state index is 0.0149. The van der Waals surface area contributed by atoms with E-state index in [1.807, 2.05) is 48.5 Å². The summed E-state index contributed by atoms with van der Waals surface area (Å²) in [5.74, 6) is 1.66. The highest BCUT2D eigenvalue weighted by Gasteiger charge is 2.27. The topological polar surface area (TPSA) is 80.5 Å². The van der Waals surface area contributed by atoms with E-state index in [4.69, 9.17) is 9.15 Å². The normalized spacial score (nSPS) is 14.8. The first-order valence-corrected chi connectivity index (χ1v) is 10.5. The van der Waals surface area contributed by atoms with E-state index in [2.05, 4.69) is 20.2 Å². The fraction of sp³-hybridized carbons (Fsp3) is 0.292. The number of carbonyl (C=O) groups is 1. The van der Waals surface area contributed by atoms with Gasteiger partial charge in [0.1, 0.15) is 23.2 Å². The number of methoxy groups -OCH3 is 1. The van der Waals surface area contributed by atoms with Crippen molar-refractivity contribution >= 4 is 33.8 Å². The highest BCUT2D eigenvalue weighted by atomic mass is 16.5. The lowest BCUT2D eigenvalue weighted by Crippen LogP contribution is -2.40. The Morgan fingerprint density at radius 1 is 1.13 bits per heavy atom. The van der Waals surface area contributed by atoms with Crippen LogP contribution in [0.3, 0.4) is 0 Å². The Balaban J connectivity index is 1.26. The number of ether oxygens (including phenoxy) is 1. The van der Waals surface area contributed by atoms with E-state index in [1.54, 1.807) is 13.4 Å². The summed E-state index contributed by atoms with van der Waals surface area (Å²) in [6.45, 7) is 1.96. The average molecular weight is 416 g/mol. The number of fused-ring (bicyclic) bond motifs is 3. The standard InChI is InChI=1S/C24H24N4O3/c1-30-19-8-4-2-6-17(19)14-25-24(29)16-10-12-28(13-11-16)23-22-21(26-15-27-23)18-7-3-5-9-20(18)31-22/h2-9,15-16H,10-14H2,1H3,(H,25,29). The second kappa shape index (κ2) is 8.26. The minimum atomic E-state index is -0.0149. The molecule has 1 amide bonds. The zero-order valence-electron chi connectivity index (χ0n) is 17.4. The molecule has 0 bridgehead atoms. The van der Waals surface area contributed by atoms with Gasteiger partial charge >= 0.3 is 0 Å². The number of aromatic nitrogens is 2. The van der Waals surface area contributed by atoms with Crippen LogP contribution in [0, 0.1) is 5.92 Å². The number of rotatable bonds is 5. The lowest BCUT2D eigenvalue weighted by atomic mass is 9.95. The maximum atomic E-state index is 12.7. The molecule has 0 radical (unpaired) electrons. The number of hydrogen-bond acceptors (Lipinski definition) is 6. The van der Waals surface area contributed by atoms with Gasteiger partial charge in [-0.2, -0.15) is 0 Å². The molecule has 1 aliphatic heterocycles. The van der Waals surface area contributed by atoms with Crippen LogP contribution >= 0.6 is 0 Å². The molecule has 1 N–H and O–H groups in total. The van der Waals surface area contributed by atoms with E-state index < -0.39 is 0 Å². The van der Waals surface area contributed by atoms with Crippen LogP contribution in [-0.4, -0.2) is 36.1 Å². The van der Waals surface area contributed by atoms with Crippen molar-refractivity contribution in [2.75, 3.05) is 25.1 Å². The molecule has 0 aliphatic carbocycles. The summed E-state index contributed by atoms with van der Waals surface area (Å²) in [6, 6.07) is 15.6. The third-order valence-corrected chi connectivity index (χ3v) is 5.95. The number of benzene rings is 2. The molecule has 4 aromatic rings. The van der Waals surface area contributed by atoms with E-state index in [1.165, 1.54) is 0 Å². The van der Waals surface area contributed by atoms with Gasteiger partial charge in [-0.15, -0.1) is 0 Å². The smallest absolute Gasteiger partial charge is 0.223 e. The molecular formula is C24H24N4O3. The molecule has 7 heteroatoms. The van der Waals surface area contributed by atoms with Crippen molar-refractivity contribution < 1.29 is 13.9 Å². The second-order valence-electron chi connectivity index (χ2n) is 7.76. The third-order valence-electron chi connectivity index (χ3n) is 5.95. The van der Waals surface area contributed by atoms with E-state index in [0.29, 0.717) is 12.1 Å². The zero-order valence-corrected chi connectivity index (χ0v) is 17.4. The predicted molar refractivity (Wildman–Crippen MR) is 119 cm³/mol. The number of anilines is 1. The number of piperidine rings is 1. The molecule has 0 atom stereocenters. The molecule has 1 saturated heterocycles. The molecule has 0 saturated carbocycles. The average Bonchev–Trinajstić information content (AvgIpc) is 3.22. The van der Waals surface area contributed by atoms with Crippen molar-refractivity contribution in [3.8, 4) is 5.75 Å². The Morgan fingerprint density at radius 3 is 2.74 bits per heavy atom. The molecule has 5 rings (SSSR count). The van der Waals surface area contributed by atoms with E-state index in [-0.39, 0.29) is 11.8 Å². The van der Waals surface area contributed by atoms with Gasteiger partial charge in [0, 0.05) is 36.5 Å². The third kappa shape index (κ3) is 3.67. The van der Waals surface area contributed by atoms with Crippen molar-refractivity contribution in [2.45, 2.75) is 19.4 Å². The predicted octanol–water partition coefficient (Wildman–Crippen LogP) is 3.92. The van der Waals surface area contributed by atoms with Crippen LogP contribution in [-0.2, 0) is 11.3 Å². The van der Waals surface area contributed by atoms with Gasteiger partial charge in [-0.3, -0.25) is 4.79 Å². The highest BCUT2D eigenvalue weighted by Crippen LogP contribution is 2.33. The van der Waals surface area contributed by atoms with Gasteiger partial charge in [0.2, 0.25) is 5.91 Å². The lowest BCUT2D eigenvalue weighted by molar-refractivity contribution is -0.125. The van der Waals surface area contributed by atoms with Gasteiger partial charge in [0.15, 0.2) is 11.4 Å². The van der Waals surface area contributed by atoms with Crippen LogP contribution in [0.2, 0.25) is 0 Å². The van der Waals surface area contributed by atoms with Crippen molar-refractivity contribution in [1.82, 2.24) is 15.3 Å². The van der Waals surface area contributed by atoms with Crippen molar-refractivity contribution in [3.05, 3.63) is 60.4 Å². The van der Waals surface area contributed by atoms with Crippen LogP contribution in [0.5, 0.6) is 5.75 Å². The Kier molecular flexibility index (Phi) is 5.16. The Labute approximate surface area is 180 Å². The number of para-hydroxylation sites is 2. The number of furan rings is 1. The SMILES string of the molecule is COc1ccccc1CNC(=O)C1CCN(c2ncnc3c2oc2ccccc23)CC1. The van der Waals surface area contributed by atoms with E-state index in [0.717, 1.165) is 59.5 Å². The van der Waals surface area contributed by atoms with Crippen LogP contribution in [0.15, 0.2) is 59.3 Å². The molecule has 1 aliphatic rings. The fourth-order valence-corrected chi connectivity index (χ4v) is 4.27. The first-order valence-electron chi connectivity index (χ1n) is 10.5. The van der Waals surface area contributed by atoms with Crippen LogP contribution in [0.4, 0.5) is 5.82 Å². The largest absolute Gasteiger partial charge is 0.496 e. The monoisotopic (exact) mass is 416 g/mol. The molecule has 158 valence electrons. The van der Waals surface area contributed by atoms with Gasteiger partial charge in [-0.1, -0.05) is 30.3 Å². The Bertz CT molecular complexity index is 1230. The number of carbonyl (C=O) groups excluding carboxylic acids is 1. The second-order valence-corrected chi connectivity index (χ2v) is 7.76. The van der Waals surface area contributed by atoms with Gasteiger partial charge in [-0.05, 0) is 31.0 Å². The summed E-state index contributed by atoms with van der Waals surface area (Å²) >= 11 is 0. The molecular weight excluding hydrogens is 392 g/mol. The minimum Gasteiger partial charge on any atom is -0.496 e.